The highest BCUT2D eigenvalue weighted by Crippen LogP contribution is 2.60. The molecular weight excluding hydrogens is 559 g/mol. The predicted molar refractivity (Wildman–Crippen MR) is 160 cm³/mol. The number of Topliss-reactive ketones (excluding diaryl/α,β-unsaturated/α-hetero) is 1. The van der Waals surface area contributed by atoms with Gasteiger partial charge in [0.05, 0.1) is 5.92 Å². The minimum Gasteiger partial charge on any atom is -0.457 e. The Bertz CT molecular complexity index is 1560. The molecule has 0 heterocycles. The van der Waals surface area contributed by atoms with Crippen molar-refractivity contribution in [1.82, 2.24) is 0 Å². The highest BCUT2D eigenvalue weighted by molar-refractivity contribution is 6.55. The van der Waals surface area contributed by atoms with Crippen LogP contribution in [0.15, 0.2) is 120 Å². The third kappa shape index (κ3) is 6.82. The van der Waals surface area contributed by atoms with Gasteiger partial charge in [-0.3, -0.25) is 9.59 Å². The van der Waals surface area contributed by atoms with Gasteiger partial charge in [0.2, 0.25) is 5.78 Å². The molecule has 0 radical (unpaired) electrons. The van der Waals surface area contributed by atoms with Crippen LogP contribution in [0.5, 0.6) is 23.0 Å². The molecule has 1 aliphatic rings. The van der Waals surface area contributed by atoms with Crippen molar-refractivity contribution in [2.45, 2.75) is 20.0 Å². The predicted octanol–water partition coefficient (Wildman–Crippen LogP) is 9.33. The van der Waals surface area contributed by atoms with Gasteiger partial charge in [0.1, 0.15) is 27.5 Å². The maximum atomic E-state index is 14.0. The first-order valence-corrected chi connectivity index (χ1v) is 13.9. The molecule has 0 saturated heterocycles. The van der Waals surface area contributed by atoms with Crippen LogP contribution in [0.2, 0.25) is 0 Å². The molecule has 5 rings (SSSR count). The topological polar surface area (TPSA) is 61.8 Å². The van der Waals surface area contributed by atoms with E-state index >= 15 is 0 Å². The second kappa shape index (κ2) is 12.2. The van der Waals surface area contributed by atoms with Crippen LogP contribution in [-0.4, -0.2) is 11.8 Å². The lowest BCUT2D eigenvalue weighted by atomic mass is 9.99. The minimum absolute atomic E-state index is 0.0898. The van der Waals surface area contributed by atoms with E-state index in [1.165, 1.54) is 0 Å². The molecule has 0 amide bonds. The van der Waals surface area contributed by atoms with Crippen molar-refractivity contribution >= 4 is 35.0 Å². The van der Waals surface area contributed by atoms with E-state index in [0.29, 0.717) is 34.1 Å². The van der Waals surface area contributed by atoms with Crippen molar-refractivity contribution < 1.29 is 23.8 Å². The summed E-state index contributed by atoms with van der Waals surface area (Å²) in [4.78, 5) is 27.5. The number of esters is 1. The first-order valence-electron chi connectivity index (χ1n) is 13.2. The van der Waals surface area contributed by atoms with E-state index in [4.69, 9.17) is 37.4 Å². The van der Waals surface area contributed by atoms with Crippen LogP contribution in [0.1, 0.15) is 35.9 Å². The lowest BCUT2D eigenvalue weighted by Crippen LogP contribution is -2.22. The second-order valence-electron chi connectivity index (χ2n) is 10.4. The summed E-state index contributed by atoms with van der Waals surface area (Å²) < 4.78 is 18.0. The quantitative estimate of drug-likeness (QED) is 0.137. The van der Waals surface area contributed by atoms with E-state index in [2.05, 4.69) is 0 Å². The highest BCUT2D eigenvalue weighted by atomic mass is 35.5. The molecule has 208 valence electrons. The molecule has 1 saturated carbocycles. The molecule has 5 nitrogen and oxygen atoms in total. The maximum Gasteiger partial charge on any atom is 0.311 e. The van der Waals surface area contributed by atoms with Gasteiger partial charge in [-0.2, -0.15) is 0 Å². The normalized spacial score (nSPS) is 17.6. The Morgan fingerprint density at radius 3 is 1.85 bits per heavy atom. The number of rotatable bonds is 10. The Morgan fingerprint density at radius 2 is 1.27 bits per heavy atom. The van der Waals surface area contributed by atoms with Crippen molar-refractivity contribution in [2.24, 2.45) is 17.3 Å². The van der Waals surface area contributed by atoms with Crippen molar-refractivity contribution in [2.75, 3.05) is 0 Å². The van der Waals surface area contributed by atoms with E-state index < -0.39 is 29.2 Å². The number of hydrogen-bond donors (Lipinski definition) is 0. The third-order valence-electron chi connectivity index (χ3n) is 7.18. The van der Waals surface area contributed by atoms with E-state index in [1.54, 1.807) is 54.6 Å². The van der Waals surface area contributed by atoms with Crippen LogP contribution < -0.4 is 9.47 Å². The highest BCUT2D eigenvalue weighted by Gasteiger charge is 2.62. The number of ether oxygens (including phenoxy) is 3. The van der Waals surface area contributed by atoms with Crippen LogP contribution in [-0.2, 0) is 9.53 Å². The molecule has 1 fully saturated rings. The molecule has 7 heteroatoms. The van der Waals surface area contributed by atoms with E-state index in [-0.39, 0.29) is 10.4 Å². The number of halogens is 2. The van der Waals surface area contributed by atoms with Crippen molar-refractivity contribution in [3.05, 3.63) is 131 Å². The number of ketones is 1. The van der Waals surface area contributed by atoms with Crippen molar-refractivity contribution in [3.8, 4) is 23.0 Å². The fourth-order valence-corrected chi connectivity index (χ4v) is 5.16. The van der Waals surface area contributed by atoms with Gasteiger partial charge in [-0.15, -0.1) is 0 Å². The average molecular weight is 587 g/mol. The van der Waals surface area contributed by atoms with Crippen molar-refractivity contribution in [3.63, 3.8) is 0 Å². The fourth-order valence-electron chi connectivity index (χ4n) is 4.89. The standard InChI is InChI=1S/C34H28Cl2O5/c1-34(2)28(21-29(35)36)30(34)33(38)41-32(23-12-10-18-27(20-23)40-25-15-7-4-8-16-25)31(37)22-11-9-17-26(19-22)39-24-13-5-3-6-14-24/h3-21,28,30,32H,1-2H3/t28-,30+,32-/m1/s1. The summed E-state index contributed by atoms with van der Waals surface area (Å²) >= 11 is 11.8. The van der Waals surface area contributed by atoms with Gasteiger partial charge in [-0.05, 0) is 65.9 Å². The number of allylic oxidation sites excluding steroid dienone is 1. The van der Waals surface area contributed by atoms with Gasteiger partial charge in [0, 0.05) is 11.1 Å². The smallest absolute Gasteiger partial charge is 0.311 e. The summed E-state index contributed by atoms with van der Waals surface area (Å²) in [5, 5.41) is 0. The van der Waals surface area contributed by atoms with Crippen molar-refractivity contribution in [1.29, 1.82) is 0 Å². The minimum atomic E-state index is -1.22. The lowest BCUT2D eigenvalue weighted by molar-refractivity contribution is -0.150. The SMILES string of the molecule is CC1(C)[C@H](C=C(Cl)Cl)[C@H]1C(=O)O[C@@H](C(=O)c1cccc(Oc2ccccc2)c1)c1cccc(Oc2ccccc2)c1. The molecular formula is C34H28Cl2O5. The zero-order valence-electron chi connectivity index (χ0n) is 22.5. The summed E-state index contributed by atoms with van der Waals surface area (Å²) in [6.07, 6.45) is 0.422. The van der Waals surface area contributed by atoms with Crippen LogP contribution in [0.4, 0.5) is 0 Å². The van der Waals surface area contributed by atoms with Crippen LogP contribution in [0.3, 0.4) is 0 Å². The van der Waals surface area contributed by atoms with E-state index in [0.717, 1.165) is 0 Å². The molecule has 0 N–H and O–H groups in total. The van der Waals surface area contributed by atoms with Crippen LogP contribution in [0.25, 0.3) is 0 Å². The molecule has 0 unspecified atom stereocenters. The molecule has 41 heavy (non-hydrogen) atoms. The molecule has 4 aromatic carbocycles. The molecule has 0 aliphatic heterocycles. The molecule has 0 spiro atoms. The second-order valence-corrected chi connectivity index (χ2v) is 11.4. The summed E-state index contributed by atoms with van der Waals surface area (Å²) in [5.41, 5.74) is 0.398. The lowest BCUT2D eigenvalue weighted by Gasteiger charge is -2.19. The number of benzene rings is 4. The number of carbonyl (C=O) groups is 2. The van der Waals surface area contributed by atoms with Gasteiger partial charge in [-0.1, -0.05) is 97.7 Å². The van der Waals surface area contributed by atoms with E-state index in [9.17, 15) is 9.59 Å². The molecule has 3 atom stereocenters. The van der Waals surface area contributed by atoms with Gasteiger partial charge < -0.3 is 14.2 Å². The van der Waals surface area contributed by atoms with Gasteiger partial charge in [0.25, 0.3) is 0 Å². The summed E-state index contributed by atoms with van der Waals surface area (Å²) in [5.74, 6) is 0.669. The molecule has 0 bridgehead atoms. The Kier molecular flexibility index (Phi) is 8.48. The van der Waals surface area contributed by atoms with Crippen LogP contribution in [0, 0.1) is 17.3 Å². The van der Waals surface area contributed by atoms with Gasteiger partial charge >= 0.3 is 5.97 Å². The Hall–Kier alpha value is -4.06. The maximum absolute atomic E-state index is 14.0. The first kappa shape index (κ1) is 28.5. The number of carbonyl (C=O) groups excluding carboxylic acids is 2. The largest absolute Gasteiger partial charge is 0.457 e. The average Bonchev–Trinajstić information content (AvgIpc) is 3.51. The molecule has 1 aliphatic carbocycles. The monoisotopic (exact) mass is 586 g/mol. The fraction of sp³-hybridized carbons (Fsp3) is 0.176. The summed E-state index contributed by atoms with van der Waals surface area (Å²) in [6.45, 7) is 3.87. The van der Waals surface area contributed by atoms with Crippen LogP contribution >= 0.6 is 23.2 Å². The van der Waals surface area contributed by atoms with E-state index in [1.807, 2.05) is 74.5 Å². The Morgan fingerprint density at radius 1 is 0.732 bits per heavy atom. The number of hydrogen-bond acceptors (Lipinski definition) is 5. The third-order valence-corrected chi connectivity index (χ3v) is 7.43. The Balaban J connectivity index is 1.45. The summed E-state index contributed by atoms with van der Waals surface area (Å²) in [7, 11) is 0. The zero-order chi connectivity index (χ0) is 29.0. The molecule has 0 aromatic heterocycles. The summed E-state index contributed by atoms with van der Waals surface area (Å²) in [6, 6.07) is 32.4. The van der Waals surface area contributed by atoms with Gasteiger partial charge in [-0.25, -0.2) is 0 Å². The zero-order valence-corrected chi connectivity index (χ0v) is 24.0. The van der Waals surface area contributed by atoms with Gasteiger partial charge in [0.15, 0.2) is 6.10 Å². The number of para-hydroxylation sites is 2. The Labute approximate surface area is 249 Å². The first-order chi connectivity index (χ1) is 19.7. The molecule has 4 aromatic rings.